The van der Waals surface area contributed by atoms with Crippen LogP contribution in [0.1, 0.15) is 13.8 Å². The van der Waals surface area contributed by atoms with Crippen LogP contribution in [0, 0.1) is 5.92 Å². The van der Waals surface area contributed by atoms with Crippen LogP contribution in [0.5, 0.6) is 0 Å². The van der Waals surface area contributed by atoms with E-state index in [-0.39, 0.29) is 0 Å². The van der Waals surface area contributed by atoms with Crippen LogP contribution in [0.4, 0.5) is 34.1 Å². The summed E-state index contributed by atoms with van der Waals surface area (Å²) in [6.07, 6.45) is 0. The summed E-state index contributed by atoms with van der Waals surface area (Å²) >= 11 is 0. The maximum absolute atomic E-state index is 5.70. The first-order valence-corrected chi connectivity index (χ1v) is 22.2. The lowest BCUT2D eigenvalue weighted by Gasteiger charge is -2.25. The number of hydrogen-bond acceptors (Lipinski definition) is 6. The number of rotatable bonds is 10. The van der Waals surface area contributed by atoms with Gasteiger partial charge in [-0.25, -0.2) is 9.97 Å². The summed E-state index contributed by atoms with van der Waals surface area (Å²) in [6, 6.07) is 72.5. The molecule has 0 radical (unpaired) electrons. The van der Waals surface area contributed by atoms with Crippen molar-refractivity contribution in [3.8, 4) is 44.8 Å². The molecule has 2 heterocycles. The van der Waals surface area contributed by atoms with Crippen molar-refractivity contribution in [3.05, 3.63) is 206 Å². The molecule has 0 aliphatic heterocycles. The molecular weight excluding hydrogens is 795 g/mol. The Morgan fingerprint density at radius 1 is 0.385 bits per heavy atom. The van der Waals surface area contributed by atoms with Gasteiger partial charge in [0, 0.05) is 61.8 Å². The van der Waals surface area contributed by atoms with Crippen LogP contribution >= 0.6 is 0 Å². The third-order valence-corrected chi connectivity index (χ3v) is 12.3. The quantitative estimate of drug-likeness (QED) is 0.137. The molecule has 0 fully saturated rings. The van der Waals surface area contributed by atoms with Crippen LogP contribution < -0.4 is 9.80 Å². The summed E-state index contributed by atoms with van der Waals surface area (Å²) < 4.78 is 0. The first kappa shape index (κ1) is 38.3. The third kappa shape index (κ3) is 6.59. The molecule has 310 valence electrons. The van der Waals surface area contributed by atoms with Gasteiger partial charge in [0.15, 0.2) is 0 Å². The normalized spacial score (nSPS) is 11.7. The fraction of sp³-hybridized carbons (Fsp3) is 0.0690. The average molecular weight is 838 g/mol. The van der Waals surface area contributed by atoms with Gasteiger partial charge in [-0.1, -0.05) is 147 Å². The van der Waals surface area contributed by atoms with Gasteiger partial charge < -0.3 is 9.80 Å². The van der Waals surface area contributed by atoms with Gasteiger partial charge in [-0.2, -0.15) is 15.0 Å². The highest BCUT2D eigenvalue weighted by Crippen LogP contribution is 2.49. The van der Waals surface area contributed by atoms with Crippen molar-refractivity contribution in [1.29, 1.82) is 0 Å². The lowest BCUT2D eigenvalue weighted by atomic mass is 9.94. The number of fused-ring (bicyclic) bond motifs is 5. The van der Waals surface area contributed by atoms with Gasteiger partial charge >= 0.3 is 0 Å². The highest BCUT2D eigenvalue weighted by molar-refractivity contribution is 6.20. The molecule has 0 unspecified atom stereocenters. The Kier molecular flexibility index (Phi) is 9.26. The average Bonchev–Trinajstić information content (AvgIpc) is 3.91. The van der Waals surface area contributed by atoms with Crippen LogP contribution in [0.15, 0.2) is 206 Å². The molecule has 1 aliphatic rings. The minimum atomic E-state index is 0.331. The summed E-state index contributed by atoms with van der Waals surface area (Å²) in [5, 5.41) is 13.0. The van der Waals surface area contributed by atoms with Gasteiger partial charge in [-0.15, -0.1) is 0 Å². The minimum absolute atomic E-state index is 0.331. The van der Waals surface area contributed by atoms with E-state index in [2.05, 4.69) is 230 Å². The molecule has 12 rings (SSSR count). The third-order valence-electron chi connectivity index (χ3n) is 12.3. The van der Waals surface area contributed by atoms with E-state index >= 15 is 0 Å². The van der Waals surface area contributed by atoms with E-state index in [1.165, 1.54) is 10.8 Å². The van der Waals surface area contributed by atoms with Gasteiger partial charge in [-0.3, -0.25) is 0 Å². The molecular formula is C58H43N7. The fourth-order valence-corrected chi connectivity index (χ4v) is 9.52. The molecule has 7 nitrogen and oxygen atoms in total. The van der Waals surface area contributed by atoms with E-state index in [1.807, 2.05) is 4.80 Å². The smallest absolute Gasteiger partial charge is 0.124 e. The summed E-state index contributed by atoms with van der Waals surface area (Å²) in [7, 11) is 0. The van der Waals surface area contributed by atoms with E-state index in [9.17, 15) is 0 Å². The molecule has 65 heavy (non-hydrogen) atoms. The summed E-state index contributed by atoms with van der Waals surface area (Å²) in [5.41, 5.74) is 17.4. The molecule has 2 aromatic heterocycles. The van der Waals surface area contributed by atoms with Crippen LogP contribution in [0.2, 0.25) is 0 Å². The molecule has 11 aromatic rings. The van der Waals surface area contributed by atoms with Crippen LogP contribution in [0.25, 0.3) is 77.6 Å². The molecule has 0 amide bonds. The highest BCUT2D eigenvalue weighted by atomic mass is 15.5. The SMILES string of the molecule is CC(C)Cn1nc2c(-c3ccc(N(c4ccccc4)c4ccccc4)cc3)c3nc4c(nc3c(-c3ccc(N(c5ccccc5)c5ccccc5)cc3)c2n1)-c1cccc2cccc-4c12. The monoisotopic (exact) mass is 837 g/mol. The number of nitrogens with zero attached hydrogens (tertiary/aromatic N) is 7. The maximum Gasteiger partial charge on any atom is 0.124 e. The van der Waals surface area contributed by atoms with Gasteiger partial charge in [0.05, 0.1) is 17.9 Å². The van der Waals surface area contributed by atoms with Gasteiger partial charge in [-0.05, 0) is 95.2 Å². The van der Waals surface area contributed by atoms with Gasteiger partial charge in [0.2, 0.25) is 0 Å². The molecule has 0 N–H and O–H groups in total. The standard InChI is InChI=1S/C58H43N7/c1-38(2)37-63-61-57-51(40-29-33-46(34-30-40)64(42-19-7-3-8-20-42)43-21-9-4-10-22-43)55-56(60-54-49-28-16-18-39-17-15-27-48(50(39)49)53(54)59-55)52(58(57)62-63)41-31-35-47(36-32-41)65(44-23-11-5-12-24-44)45-25-13-6-14-26-45/h3-36,38H,37H2,1-2H3. The predicted molar refractivity (Wildman–Crippen MR) is 268 cm³/mol. The first-order chi connectivity index (χ1) is 32.1. The lowest BCUT2D eigenvalue weighted by molar-refractivity contribution is 0.442. The number of para-hydroxylation sites is 4. The Balaban J connectivity index is 1.10. The fourth-order valence-electron chi connectivity index (χ4n) is 9.52. The van der Waals surface area contributed by atoms with E-state index in [0.29, 0.717) is 12.5 Å². The summed E-state index contributed by atoms with van der Waals surface area (Å²) in [4.78, 5) is 17.8. The molecule has 9 aromatic carbocycles. The predicted octanol–water partition coefficient (Wildman–Crippen LogP) is 15.1. The zero-order valence-corrected chi connectivity index (χ0v) is 36.0. The topological polar surface area (TPSA) is 63.0 Å². The Bertz CT molecular complexity index is 3210. The summed E-state index contributed by atoms with van der Waals surface area (Å²) in [6.45, 7) is 5.07. The van der Waals surface area contributed by atoms with E-state index < -0.39 is 0 Å². The van der Waals surface area contributed by atoms with Crippen molar-refractivity contribution in [1.82, 2.24) is 25.0 Å². The van der Waals surface area contributed by atoms with Crippen LogP contribution in [-0.4, -0.2) is 25.0 Å². The van der Waals surface area contributed by atoms with Crippen molar-refractivity contribution in [2.24, 2.45) is 5.92 Å². The van der Waals surface area contributed by atoms with E-state index in [4.69, 9.17) is 20.2 Å². The Morgan fingerprint density at radius 3 is 1.09 bits per heavy atom. The van der Waals surface area contributed by atoms with Crippen molar-refractivity contribution in [2.75, 3.05) is 9.80 Å². The Hall–Kier alpha value is -8.42. The largest absolute Gasteiger partial charge is 0.311 e. The molecule has 0 saturated carbocycles. The highest BCUT2D eigenvalue weighted by Gasteiger charge is 2.30. The number of anilines is 6. The van der Waals surface area contributed by atoms with Crippen molar-refractivity contribution in [2.45, 2.75) is 20.4 Å². The molecule has 0 atom stereocenters. The van der Waals surface area contributed by atoms with E-state index in [0.717, 1.165) is 101 Å². The number of benzene rings is 9. The van der Waals surface area contributed by atoms with Crippen molar-refractivity contribution in [3.63, 3.8) is 0 Å². The Morgan fingerprint density at radius 2 is 0.738 bits per heavy atom. The second-order valence-electron chi connectivity index (χ2n) is 17.0. The molecule has 0 bridgehead atoms. The number of hydrogen-bond donors (Lipinski definition) is 0. The molecule has 1 aliphatic carbocycles. The van der Waals surface area contributed by atoms with E-state index in [1.54, 1.807) is 0 Å². The lowest BCUT2D eigenvalue weighted by Crippen LogP contribution is -2.09. The second kappa shape index (κ2) is 15.7. The van der Waals surface area contributed by atoms with Crippen molar-refractivity contribution >= 4 is 67.0 Å². The van der Waals surface area contributed by atoms with Crippen LogP contribution in [0.3, 0.4) is 0 Å². The second-order valence-corrected chi connectivity index (χ2v) is 17.0. The molecule has 0 saturated heterocycles. The first-order valence-electron chi connectivity index (χ1n) is 22.2. The number of aromatic nitrogens is 5. The zero-order chi connectivity index (χ0) is 43.4. The molecule has 7 heteroatoms. The zero-order valence-electron chi connectivity index (χ0n) is 36.0. The molecule has 0 spiro atoms. The minimum Gasteiger partial charge on any atom is -0.311 e. The summed E-state index contributed by atoms with van der Waals surface area (Å²) in [5.74, 6) is 0.331. The Labute approximate surface area is 377 Å². The maximum atomic E-state index is 5.70. The van der Waals surface area contributed by atoms with Crippen LogP contribution in [-0.2, 0) is 6.54 Å². The van der Waals surface area contributed by atoms with Gasteiger partial charge in [0.25, 0.3) is 0 Å². The van der Waals surface area contributed by atoms with Crippen molar-refractivity contribution < 1.29 is 0 Å². The van der Waals surface area contributed by atoms with Gasteiger partial charge in [0.1, 0.15) is 22.1 Å².